The predicted molar refractivity (Wildman–Crippen MR) is 140 cm³/mol. The topological polar surface area (TPSA) is 0 Å². The second-order valence-corrected chi connectivity index (χ2v) is 9.73. The number of benzene rings is 4. The summed E-state index contributed by atoms with van der Waals surface area (Å²) in [5.41, 5.74) is 3.63. The fourth-order valence-corrected chi connectivity index (χ4v) is 4.68. The van der Waals surface area contributed by atoms with E-state index in [9.17, 15) is 13.2 Å². The van der Waals surface area contributed by atoms with Gasteiger partial charge in [0.1, 0.15) is 28.3 Å². The van der Waals surface area contributed by atoms with Crippen molar-refractivity contribution in [2.24, 2.45) is 0 Å². The molecule has 0 aliphatic rings. The van der Waals surface area contributed by atoms with Crippen molar-refractivity contribution in [3.63, 3.8) is 0 Å². The molecule has 0 unspecified atom stereocenters. The van der Waals surface area contributed by atoms with E-state index in [0.29, 0.717) is 41.3 Å². The van der Waals surface area contributed by atoms with Crippen molar-refractivity contribution >= 4 is 22.4 Å². The first kappa shape index (κ1) is 26.2. The van der Waals surface area contributed by atoms with Crippen molar-refractivity contribution in [2.75, 3.05) is 0 Å². The van der Waals surface area contributed by atoms with E-state index >= 15 is 4.39 Å². The van der Waals surface area contributed by atoms with Gasteiger partial charge in [0, 0.05) is 5.39 Å². The number of halogens is 5. The highest BCUT2D eigenvalue weighted by Crippen LogP contribution is 2.26. The van der Waals surface area contributed by atoms with Gasteiger partial charge in [0.05, 0.1) is 0 Å². The minimum atomic E-state index is -0.819. The van der Waals surface area contributed by atoms with E-state index in [1.165, 1.54) is 12.1 Å². The summed E-state index contributed by atoms with van der Waals surface area (Å²) in [6.07, 6.45) is 6.07. The van der Waals surface area contributed by atoms with E-state index in [-0.39, 0.29) is 18.1 Å². The molecule has 0 spiro atoms. The maximum absolute atomic E-state index is 15.2. The molecule has 0 bridgehead atoms. The molecule has 0 aliphatic carbocycles. The lowest BCUT2D eigenvalue weighted by molar-refractivity contribution is 0.579. The normalized spacial score (nSPS) is 11.4. The SMILES string of the molecule is CCCCCc1ccc(CCc2ccc3c(F)c(CCc4cc(F)c(Cl)c(F)c4)ccc3c2)c(F)c1. The summed E-state index contributed by atoms with van der Waals surface area (Å²) >= 11 is 5.53. The van der Waals surface area contributed by atoms with Crippen LogP contribution in [0.25, 0.3) is 10.8 Å². The first-order valence-corrected chi connectivity index (χ1v) is 12.8. The number of hydrogen-bond acceptors (Lipinski definition) is 0. The van der Waals surface area contributed by atoms with Crippen LogP contribution in [0.5, 0.6) is 0 Å². The Hall–Kier alpha value is -2.85. The lowest BCUT2D eigenvalue weighted by Gasteiger charge is -2.10. The van der Waals surface area contributed by atoms with Gasteiger partial charge in [0.15, 0.2) is 0 Å². The van der Waals surface area contributed by atoms with Crippen molar-refractivity contribution in [1.29, 1.82) is 0 Å². The van der Waals surface area contributed by atoms with Gasteiger partial charge >= 0.3 is 0 Å². The van der Waals surface area contributed by atoms with Crippen LogP contribution in [0.4, 0.5) is 17.6 Å². The quantitative estimate of drug-likeness (QED) is 0.113. The molecule has 36 heavy (non-hydrogen) atoms. The van der Waals surface area contributed by atoms with Crippen molar-refractivity contribution in [1.82, 2.24) is 0 Å². The minimum Gasteiger partial charge on any atom is -0.207 e. The lowest BCUT2D eigenvalue weighted by atomic mass is 9.96. The molecule has 0 saturated heterocycles. The summed E-state index contributed by atoms with van der Waals surface area (Å²) in [6.45, 7) is 2.15. The average molecular weight is 513 g/mol. The molecule has 5 heteroatoms. The molecule has 4 rings (SSSR count). The summed E-state index contributed by atoms with van der Waals surface area (Å²) in [6, 6.07) is 17.0. The fraction of sp³-hybridized carbons (Fsp3) is 0.290. The van der Waals surface area contributed by atoms with Crippen LogP contribution in [0.15, 0.2) is 60.7 Å². The highest BCUT2D eigenvalue weighted by atomic mass is 35.5. The molecular weight excluding hydrogens is 484 g/mol. The lowest BCUT2D eigenvalue weighted by Crippen LogP contribution is -1.99. The van der Waals surface area contributed by atoms with Crippen LogP contribution in [0.3, 0.4) is 0 Å². The second kappa shape index (κ2) is 11.9. The molecule has 0 amide bonds. The molecule has 0 aliphatic heterocycles. The van der Waals surface area contributed by atoms with Gasteiger partial charge in [-0.3, -0.25) is 0 Å². The van der Waals surface area contributed by atoms with Crippen LogP contribution in [-0.4, -0.2) is 0 Å². The molecule has 4 aromatic rings. The standard InChI is InChI=1S/C31H29ClF4/c1-2-3-4-5-20-6-10-23(27(33)17-20)11-7-21-9-15-26-25(16-21)14-13-24(31(26)36)12-8-22-18-28(34)30(32)29(35)19-22/h6,9-10,13-19H,2-5,7-8,11-12H2,1H3. The van der Waals surface area contributed by atoms with Crippen molar-refractivity contribution in [2.45, 2.75) is 58.3 Å². The molecule has 0 nitrogen and oxygen atoms in total. The summed E-state index contributed by atoms with van der Waals surface area (Å²) in [4.78, 5) is 0. The zero-order valence-electron chi connectivity index (χ0n) is 20.3. The number of fused-ring (bicyclic) bond motifs is 1. The third kappa shape index (κ3) is 6.28. The fourth-order valence-electron chi connectivity index (χ4n) is 4.57. The summed E-state index contributed by atoms with van der Waals surface area (Å²) in [5, 5.41) is 0.727. The maximum Gasteiger partial charge on any atom is 0.145 e. The number of rotatable bonds is 10. The Balaban J connectivity index is 1.42. The summed E-state index contributed by atoms with van der Waals surface area (Å²) in [7, 11) is 0. The summed E-state index contributed by atoms with van der Waals surface area (Å²) < 4.78 is 57.1. The van der Waals surface area contributed by atoms with Crippen LogP contribution < -0.4 is 0 Å². The van der Waals surface area contributed by atoms with Gasteiger partial charge in [0.25, 0.3) is 0 Å². The summed E-state index contributed by atoms with van der Waals surface area (Å²) in [5.74, 6) is -2.14. The highest BCUT2D eigenvalue weighted by molar-refractivity contribution is 6.30. The zero-order valence-corrected chi connectivity index (χ0v) is 21.1. The number of hydrogen-bond donors (Lipinski definition) is 0. The Morgan fingerprint density at radius 3 is 1.92 bits per heavy atom. The van der Waals surface area contributed by atoms with Gasteiger partial charge in [-0.15, -0.1) is 0 Å². The Labute approximate surface area is 214 Å². The monoisotopic (exact) mass is 512 g/mol. The van der Waals surface area contributed by atoms with Gasteiger partial charge in [-0.2, -0.15) is 0 Å². The van der Waals surface area contributed by atoms with Crippen LogP contribution in [0.2, 0.25) is 5.02 Å². The molecule has 0 fully saturated rings. The molecule has 0 N–H and O–H groups in total. The van der Waals surface area contributed by atoms with Crippen LogP contribution in [0.1, 0.15) is 54.0 Å². The Kier molecular flexibility index (Phi) is 8.68. The first-order chi connectivity index (χ1) is 17.4. The molecule has 0 radical (unpaired) electrons. The van der Waals surface area contributed by atoms with Crippen LogP contribution in [-0.2, 0) is 32.1 Å². The zero-order chi connectivity index (χ0) is 25.7. The molecule has 188 valence electrons. The van der Waals surface area contributed by atoms with Gasteiger partial charge in [-0.05, 0) is 89.9 Å². The Bertz CT molecular complexity index is 1340. The third-order valence-corrected chi connectivity index (χ3v) is 7.06. The van der Waals surface area contributed by atoms with E-state index in [1.807, 2.05) is 30.3 Å². The van der Waals surface area contributed by atoms with E-state index in [4.69, 9.17) is 11.6 Å². The van der Waals surface area contributed by atoms with Gasteiger partial charge in [-0.25, -0.2) is 17.6 Å². The van der Waals surface area contributed by atoms with E-state index in [1.54, 1.807) is 18.2 Å². The number of aryl methyl sites for hydroxylation is 5. The minimum absolute atomic E-state index is 0.166. The molecule has 0 saturated carbocycles. The predicted octanol–water partition coefficient (Wildman–Crippen LogP) is 9.35. The largest absolute Gasteiger partial charge is 0.207 e. The van der Waals surface area contributed by atoms with E-state index in [2.05, 4.69) is 6.92 Å². The Morgan fingerprint density at radius 1 is 0.583 bits per heavy atom. The molecule has 0 aromatic heterocycles. The number of unbranched alkanes of at least 4 members (excludes halogenated alkanes) is 2. The molecule has 4 aromatic carbocycles. The van der Waals surface area contributed by atoms with Crippen LogP contribution in [0, 0.1) is 23.3 Å². The van der Waals surface area contributed by atoms with Gasteiger partial charge < -0.3 is 0 Å². The van der Waals surface area contributed by atoms with Gasteiger partial charge in [-0.1, -0.05) is 73.8 Å². The second-order valence-electron chi connectivity index (χ2n) is 9.35. The maximum atomic E-state index is 15.2. The molecular formula is C31H29ClF4. The molecule has 0 heterocycles. The molecule has 0 atom stereocenters. The van der Waals surface area contributed by atoms with E-state index < -0.39 is 16.7 Å². The smallest absolute Gasteiger partial charge is 0.145 e. The van der Waals surface area contributed by atoms with Crippen molar-refractivity contribution < 1.29 is 17.6 Å². The third-order valence-electron chi connectivity index (χ3n) is 6.69. The Morgan fingerprint density at radius 2 is 1.19 bits per heavy atom. The van der Waals surface area contributed by atoms with Crippen LogP contribution >= 0.6 is 11.6 Å². The first-order valence-electron chi connectivity index (χ1n) is 12.5. The van der Waals surface area contributed by atoms with Crippen molar-refractivity contribution in [3.05, 3.63) is 117 Å². The van der Waals surface area contributed by atoms with Gasteiger partial charge in [0.2, 0.25) is 0 Å². The highest BCUT2D eigenvalue weighted by Gasteiger charge is 2.12. The van der Waals surface area contributed by atoms with Crippen molar-refractivity contribution in [3.8, 4) is 0 Å². The van der Waals surface area contributed by atoms with E-state index in [0.717, 1.165) is 42.2 Å². The average Bonchev–Trinajstić information content (AvgIpc) is 2.86.